The molecule has 0 aliphatic carbocycles. The summed E-state index contributed by atoms with van der Waals surface area (Å²) >= 11 is 0. The molecule has 3 N–H and O–H groups in total. The summed E-state index contributed by atoms with van der Waals surface area (Å²) < 4.78 is 9.55. The van der Waals surface area contributed by atoms with Crippen molar-refractivity contribution in [2.45, 2.75) is 83.3 Å². The van der Waals surface area contributed by atoms with Gasteiger partial charge in [-0.15, -0.1) is 0 Å². The number of carbonyl (C=O) groups is 2. The van der Waals surface area contributed by atoms with Gasteiger partial charge < -0.3 is 24.8 Å². The number of esters is 2. The molecule has 0 saturated heterocycles. The van der Waals surface area contributed by atoms with E-state index in [2.05, 4.69) is 48.1 Å². The van der Waals surface area contributed by atoms with Gasteiger partial charge in [0.05, 0.1) is 0 Å². The fourth-order valence-corrected chi connectivity index (χ4v) is 2.98. The van der Waals surface area contributed by atoms with Crippen LogP contribution in [0.15, 0.2) is 48.0 Å². The van der Waals surface area contributed by atoms with Gasteiger partial charge in [-0.05, 0) is 32.1 Å². The minimum Gasteiger partial charge on any atom is -0.505 e. The van der Waals surface area contributed by atoms with Crippen molar-refractivity contribution in [3.8, 4) is 0 Å². The van der Waals surface area contributed by atoms with E-state index in [1.54, 1.807) is 0 Å². The first kappa shape index (κ1) is 26.5. The number of hydrogen-bond donors (Lipinski definition) is 3. The minimum atomic E-state index is -1.43. The molecule has 31 heavy (non-hydrogen) atoms. The molecule has 2 atom stereocenters. The van der Waals surface area contributed by atoms with Gasteiger partial charge in [0, 0.05) is 6.42 Å². The molecule has 0 spiro atoms. The number of hydrogen-bond acceptors (Lipinski definition) is 7. The molecule has 0 fully saturated rings. The van der Waals surface area contributed by atoms with Crippen LogP contribution in [0, 0.1) is 0 Å². The first-order valence-corrected chi connectivity index (χ1v) is 11.1. The molecular weight excluding hydrogens is 400 g/mol. The third-order valence-corrected chi connectivity index (χ3v) is 4.76. The highest BCUT2D eigenvalue weighted by atomic mass is 16.6. The monoisotopic (exact) mass is 436 g/mol. The normalized spacial score (nSPS) is 17.9. The summed E-state index contributed by atoms with van der Waals surface area (Å²) in [5.41, 5.74) is 0. The van der Waals surface area contributed by atoms with Crippen LogP contribution in [-0.4, -0.2) is 46.1 Å². The second kappa shape index (κ2) is 16.2. The van der Waals surface area contributed by atoms with Crippen LogP contribution in [0.2, 0.25) is 0 Å². The largest absolute Gasteiger partial charge is 0.505 e. The molecule has 0 amide bonds. The summed E-state index contributed by atoms with van der Waals surface area (Å²) in [6.45, 7) is 1.70. The summed E-state index contributed by atoms with van der Waals surface area (Å²) in [4.78, 5) is 22.8. The van der Waals surface area contributed by atoms with Gasteiger partial charge in [0.25, 0.3) is 0 Å². The number of carbonyl (C=O) groups excluding carboxylic acids is 2. The van der Waals surface area contributed by atoms with Gasteiger partial charge in [0.15, 0.2) is 11.9 Å². The number of aliphatic hydroxyl groups is 3. The lowest BCUT2D eigenvalue weighted by Gasteiger charge is -2.17. The van der Waals surface area contributed by atoms with E-state index in [-0.39, 0.29) is 6.42 Å². The lowest BCUT2D eigenvalue weighted by molar-refractivity contribution is -0.154. The highest BCUT2D eigenvalue weighted by molar-refractivity contribution is 5.89. The fraction of sp³-hybridized carbons (Fsp3) is 0.583. The van der Waals surface area contributed by atoms with Gasteiger partial charge in [-0.25, -0.2) is 4.79 Å². The predicted octanol–water partition coefficient (Wildman–Crippen LogP) is 4.73. The molecule has 174 valence electrons. The Morgan fingerprint density at radius 3 is 2.39 bits per heavy atom. The highest BCUT2D eigenvalue weighted by Gasteiger charge is 2.39. The Kier molecular flexibility index (Phi) is 13.8. The zero-order valence-corrected chi connectivity index (χ0v) is 18.4. The third kappa shape index (κ3) is 11.4. The molecule has 0 aromatic carbocycles. The third-order valence-electron chi connectivity index (χ3n) is 4.76. The number of unbranched alkanes of at least 4 members (excludes halogenated alkanes) is 6. The molecule has 0 bridgehead atoms. The zero-order chi connectivity index (χ0) is 22.9. The van der Waals surface area contributed by atoms with E-state index in [1.807, 2.05) is 0 Å². The van der Waals surface area contributed by atoms with Crippen molar-refractivity contribution in [2.75, 3.05) is 6.61 Å². The van der Waals surface area contributed by atoms with Gasteiger partial charge in [0.1, 0.15) is 12.7 Å². The van der Waals surface area contributed by atoms with Crippen LogP contribution in [0.3, 0.4) is 0 Å². The molecule has 1 heterocycles. The number of allylic oxidation sites excluding steroid dienone is 6. The summed E-state index contributed by atoms with van der Waals surface area (Å²) in [5.74, 6) is -3.25. The van der Waals surface area contributed by atoms with E-state index in [1.165, 1.54) is 0 Å². The predicted molar refractivity (Wildman–Crippen MR) is 118 cm³/mol. The quantitative estimate of drug-likeness (QED) is 0.139. The second-order valence-corrected chi connectivity index (χ2v) is 7.44. The maximum atomic E-state index is 11.7. The molecular formula is C24H36O7. The minimum absolute atomic E-state index is 0.243. The summed E-state index contributed by atoms with van der Waals surface area (Å²) in [5, 5.41) is 28.5. The Hall–Kier alpha value is -2.54. The highest BCUT2D eigenvalue weighted by Crippen LogP contribution is 2.21. The fourth-order valence-electron chi connectivity index (χ4n) is 2.98. The van der Waals surface area contributed by atoms with E-state index >= 15 is 0 Å². The average Bonchev–Trinajstić information content (AvgIpc) is 3.02. The van der Waals surface area contributed by atoms with Crippen molar-refractivity contribution in [1.82, 2.24) is 0 Å². The number of cyclic esters (lactones) is 1. The van der Waals surface area contributed by atoms with Gasteiger partial charge in [-0.1, -0.05) is 69.1 Å². The van der Waals surface area contributed by atoms with E-state index in [4.69, 9.17) is 4.74 Å². The lowest BCUT2D eigenvalue weighted by atomic mass is 10.1. The number of ether oxygens (including phenoxy) is 2. The zero-order valence-electron chi connectivity index (χ0n) is 18.4. The molecule has 0 saturated carbocycles. The lowest BCUT2D eigenvalue weighted by Crippen LogP contribution is -2.33. The summed E-state index contributed by atoms with van der Waals surface area (Å²) in [6.07, 6.45) is 19.5. The van der Waals surface area contributed by atoms with Crippen molar-refractivity contribution in [3.05, 3.63) is 48.0 Å². The van der Waals surface area contributed by atoms with Crippen LogP contribution in [0.1, 0.15) is 71.1 Å². The Morgan fingerprint density at radius 1 is 1.03 bits per heavy atom. The van der Waals surface area contributed by atoms with Crippen molar-refractivity contribution in [3.63, 3.8) is 0 Å². The van der Waals surface area contributed by atoms with Crippen LogP contribution < -0.4 is 0 Å². The average molecular weight is 437 g/mol. The number of rotatable bonds is 16. The van der Waals surface area contributed by atoms with Crippen molar-refractivity contribution in [1.29, 1.82) is 0 Å². The number of aliphatic hydroxyl groups excluding tert-OH is 3. The van der Waals surface area contributed by atoms with E-state index < -0.39 is 42.3 Å². The Bertz CT molecular complexity index is 661. The molecule has 0 unspecified atom stereocenters. The Balaban J connectivity index is 1.97. The van der Waals surface area contributed by atoms with Crippen LogP contribution in [-0.2, 0) is 19.1 Å². The smallest absolute Gasteiger partial charge is 0.377 e. The van der Waals surface area contributed by atoms with Crippen molar-refractivity contribution in [2.24, 2.45) is 0 Å². The van der Waals surface area contributed by atoms with E-state index in [0.717, 1.165) is 51.4 Å². The molecule has 1 aliphatic rings. The van der Waals surface area contributed by atoms with Crippen LogP contribution in [0.4, 0.5) is 0 Å². The van der Waals surface area contributed by atoms with Gasteiger partial charge in [-0.3, -0.25) is 4.79 Å². The SMILES string of the molecule is CC/C=C\C/C=C\C=C/CCCCCCCCC(=O)OC[C@@H](O)[C@H]1OC(=O)C(O)=C1O. The standard InChI is InChI=1S/C24H36O7/c1-2-3-4-5-6-7-8-9-10-11-12-13-14-15-16-17-20(26)30-18-19(25)23-21(27)22(28)24(29)31-23/h3-4,6-9,19,23,25,27-28H,2,5,10-18H2,1H3/b4-3-,7-6-,9-8-/t19-,23-/m1/s1. The summed E-state index contributed by atoms with van der Waals surface area (Å²) in [7, 11) is 0. The molecule has 0 aromatic rings. The maximum absolute atomic E-state index is 11.7. The molecule has 1 rings (SSSR count). The van der Waals surface area contributed by atoms with Crippen molar-refractivity contribution < 1.29 is 34.4 Å². The Labute approximate surface area is 184 Å². The van der Waals surface area contributed by atoms with Crippen LogP contribution in [0.25, 0.3) is 0 Å². The van der Waals surface area contributed by atoms with E-state index in [9.17, 15) is 24.9 Å². The maximum Gasteiger partial charge on any atom is 0.377 e. The van der Waals surface area contributed by atoms with Gasteiger partial charge in [-0.2, -0.15) is 0 Å². The van der Waals surface area contributed by atoms with Gasteiger partial charge in [0.2, 0.25) is 5.76 Å². The molecule has 1 aliphatic heterocycles. The van der Waals surface area contributed by atoms with Crippen LogP contribution >= 0.6 is 0 Å². The van der Waals surface area contributed by atoms with E-state index in [0.29, 0.717) is 6.42 Å². The molecule has 0 radical (unpaired) electrons. The first-order chi connectivity index (χ1) is 15.0. The van der Waals surface area contributed by atoms with Crippen LogP contribution in [0.5, 0.6) is 0 Å². The molecule has 7 heteroatoms. The second-order valence-electron chi connectivity index (χ2n) is 7.44. The summed E-state index contributed by atoms with van der Waals surface area (Å²) in [6, 6.07) is 0. The first-order valence-electron chi connectivity index (χ1n) is 11.1. The molecule has 7 nitrogen and oxygen atoms in total. The van der Waals surface area contributed by atoms with Crippen molar-refractivity contribution >= 4 is 11.9 Å². The van der Waals surface area contributed by atoms with Gasteiger partial charge >= 0.3 is 11.9 Å². The Morgan fingerprint density at radius 2 is 1.71 bits per heavy atom. The topological polar surface area (TPSA) is 113 Å². The molecule has 0 aromatic heterocycles.